The summed E-state index contributed by atoms with van der Waals surface area (Å²) >= 11 is 0. The molecule has 0 saturated carbocycles. The van der Waals surface area contributed by atoms with Crippen molar-refractivity contribution in [2.24, 2.45) is 0 Å². The van der Waals surface area contributed by atoms with Crippen molar-refractivity contribution < 1.29 is 55.8 Å². The fourth-order valence-electron chi connectivity index (χ4n) is 1.21. The second kappa shape index (κ2) is 13.9. The summed E-state index contributed by atoms with van der Waals surface area (Å²) < 4.78 is 0. The van der Waals surface area contributed by atoms with Crippen molar-refractivity contribution in [1.82, 2.24) is 0 Å². The van der Waals surface area contributed by atoms with E-state index in [9.17, 15) is 0 Å². The largest absolute Gasteiger partial charge is 4.00 e. The topological polar surface area (TPSA) is 0 Å². The van der Waals surface area contributed by atoms with E-state index in [1.807, 2.05) is 0 Å². The summed E-state index contributed by atoms with van der Waals surface area (Å²) in [5.41, 5.74) is 2.82. The van der Waals surface area contributed by atoms with Crippen LogP contribution in [0.3, 0.4) is 0 Å². The molecule has 1 rings (SSSR count). The van der Waals surface area contributed by atoms with Crippen LogP contribution in [0.25, 0.3) is 0 Å². The molecule has 0 aliphatic heterocycles. The van der Waals surface area contributed by atoms with Gasteiger partial charge in [0.1, 0.15) is 0 Å². The fourth-order valence-corrected chi connectivity index (χ4v) is 1.21. The number of hydrogen-bond acceptors (Lipinski definition) is 0. The van der Waals surface area contributed by atoms with Gasteiger partial charge in [0, 0.05) is 0 Å². The van der Waals surface area contributed by atoms with Crippen molar-refractivity contribution in [3.63, 3.8) is 0 Å². The zero-order chi connectivity index (χ0) is 7.40. The van der Waals surface area contributed by atoms with Crippen LogP contribution in [0.2, 0.25) is 0 Å². The Kier molecular flexibility index (Phi) is 24.1. The van der Waals surface area contributed by atoms with Gasteiger partial charge in [0.05, 0.1) is 0 Å². The van der Waals surface area contributed by atoms with E-state index in [1.165, 1.54) is 30.4 Å². The number of unbranched alkanes of at least 4 members (excludes halogenated alkanes) is 1. The molecular formula is C10H15Cl3V. The van der Waals surface area contributed by atoms with Crippen LogP contribution in [-0.2, 0) is 18.6 Å². The normalized spacial score (nSPS) is 12.1. The van der Waals surface area contributed by atoms with Crippen LogP contribution in [0.1, 0.15) is 39.5 Å². The van der Waals surface area contributed by atoms with Crippen LogP contribution in [0.15, 0.2) is 17.2 Å². The van der Waals surface area contributed by atoms with Crippen molar-refractivity contribution in [3.05, 3.63) is 23.3 Å². The minimum Gasteiger partial charge on any atom is -1.00 e. The van der Waals surface area contributed by atoms with Crippen molar-refractivity contribution in [2.75, 3.05) is 0 Å². The third-order valence-corrected chi connectivity index (χ3v) is 1.86. The molecule has 1 aliphatic rings. The van der Waals surface area contributed by atoms with E-state index >= 15 is 0 Å². The molecule has 0 unspecified atom stereocenters. The quantitative estimate of drug-likeness (QED) is 0.455. The molecule has 0 nitrogen and oxygen atoms in total. The van der Waals surface area contributed by atoms with E-state index in [-0.39, 0.29) is 55.8 Å². The van der Waals surface area contributed by atoms with E-state index in [1.54, 1.807) is 0 Å². The smallest absolute Gasteiger partial charge is 1.00 e. The van der Waals surface area contributed by atoms with E-state index in [0.29, 0.717) is 0 Å². The molecule has 0 atom stereocenters. The predicted molar refractivity (Wildman–Crippen MR) is 44.7 cm³/mol. The maximum Gasteiger partial charge on any atom is 4.00 e. The zero-order valence-corrected chi connectivity index (χ0v) is 12.2. The molecule has 0 spiro atoms. The van der Waals surface area contributed by atoms with Crippen molar-refractivity contribution in [2.45, 2.75) is 39.5 Å². The van der Waals surface area contributed by atoms with Crippen LogP contribution >= 0.6 is 0 Å². The average Bonchev–Trinajstić information content (AvgIpc) is 2.31. The zero-order valence-electron chi connectivity index (χ0n) is 8.49. The average molecular weight is 293 g/mol. The van der Waals surface area contributed by atoms with E-state index in [2.05, 4.69) is 26.0 Å². The van der Waals surface area contributed by atoms with Crippen molar-refractivity contribution >= 4 is 0 Å². The number of hydrogen-bond donors (Lipinski definition) is 0. The Hall–Kier alpha value is 0.934. The van der Waals surface area contributed by atoms with Gasteiger partial charge in [-0.1, -0.05) is 39.5 Å². The van der Waals surface area contributed by atoms with Crippen molar-refractivity contribution in [1.29, 1.82) is 0 Å². The molecule has 1 radical (unpaired) electrons. The van der Waals surface area contributed by atoms with Crippen LogP contribution < -0.4 is 37.2 Å². The number of rotatable bonds is 3. The first kappa shape index (κ1) is 24.3. The van der Waals surface area contributed by atoms with E-state index in [0.717, 1.165) is 6.42 Å². The predicted octanol–water partition coefficient (Wildman–Crippen LogP) is -5.73. The van der Waals surface area contributed by atoms with Crippen LogP contribution in [0, 0.1) is 6.08 Å². The van der Waals surface area contributed by atoms with Gasteiger partial charge >= 0.3 is 18.6 Å². The van der Waals surface area contributed by atoms with Crippen LogP contribution in [0.5, 0.6) is 0 Å². The second-order valence-electron chi connectivity index (χ2n) is 2.92. The molecule has 0 bridgehead atoms. The Balaban J connectivity index is -0.000000125. The molecule has 0 aromatic heterocycles. The van der Waals surface area contributed by atoms with Crippen LogP contribution in [0.4, 0.5) is 0 Å². The summed E-state index contributed by atoms with van der Waals surface area (Å²) in [6.45, 7) is 4.36. The molecule has 1 aliphatic carbocycles. The van der Waals surface area contributed by atoms with Gasteiger partial charge in [0.2, 0.25) is 0 Å². The van der Waals surface area contributed by atoms with Gasteiger partial charge in [-0.15, -0.1) is 0 Å². The molecule has 4 heteroatoms. The molecule has 0 heterocycles. The van der Waals surface area contributed by atoms with E-state index in [4.69, 9.17) is 0 Å². The fraction of sp³-hybridized carbons (Fsp3) is 0.600. The minimum atomic E-state index is 0. The summed E-state index contributed by atoms with van der Waals surface area (Å²) in [6, 6.07) is 0. The summed E-state index contributed by atoms with van der Waals surface area (Å²) in [5, 5.41) is 0. The Morgan fingerprint density at radius 3 is 2.21 bits per heavy atom. The number of allylic oxidation sites excluding steroid dienone is 4. The molecule has 0 N–H and O–H groups in total. The first-order valence-corrected chi connectivity index (χ1v) is 4.11. The summed E-state index contributed by atoms with van der Waals surface area (Å²) in [7, 11) is 0. The molecular weight excluding hydrogens is 277 g/mol. The van der Waals surface area contributed by atoms with Gasteiger partial charge in [-0.05, 0) is 0 Å². The SMILES string of the molecule is CCCCC1=[C-]C(C)=CC1.[Cl-].[Cl-].[Cl-].[V+4]. The van der Waals surface area contributed by atoms with Crippen molar-refractivity contribution in [3.8, 4) is 0 Å². The van der Waals surface area contributed by atoms with Gasteiger partial charge in [-0.25, -0.2) is 17.7 Å². The van der Waals surface area contributed by atoms with Gasteiger partial charge in [0.15, 0.2) is 0 Å². The number of halogens is 3. The Morgan fingerprint density at radius 2 is 1.86 bits per heavy atom. The summed E-state index contributed by atoms with van der Waals surface area (Å²) in [6.07, 6.45) is 10.7. The molecule has 0 saturated heterocycles. The van der Waals surface area contributed by atoms with Crippen LogP contribution in [-0.4, -0.2) is 0 Å². The Labute approximate surface area is 118 Å². The first-order valence-electron chi connectivity index (χ1n) is 4.11. The Morgan fingerprint density at radius 1 is 1.29 bits per heavy atom. The molecule has 0 aromatic carbocycles. The third-order valence-electron chi connectivity index (χ3n) is 1.86. The van der Waals surface area contributed by atoms with Gasteiger partial charge in [-0.3, -0.25) is 0 Å². The molecule has 0 aromatic rings. The monoisotopic (exact) mass is 291 g/mol. The molecule has 0 amide bonds. The summed E-state index contributed by atoms with van der Waals surface area (Å²) in [5.74, 6) is 0. The second-order valence-corrected chi connectivity index (χ2v) is 2.92. The standard InChI is InChI=1S/C10H15.3ClH.V/c1-3-4-5-10-7-6-9(2)8-10;;;;/h6H,3-5,7H2,1-2H3;3*1H;/q-1;;;;+4/p-3. The maximum absolute atomic E-state index is 3.37. The molecule has 0 fully saturated rings. The first-order chi connectivity index (χ1) is 4.83. The minimum absolute atomic E-state index is 0. The summed E-state index contributed by atoms with van der Waals surface area (Å²) in [4.78, 5) is 0. The molecule has 14 heavy (non-hydrogen) atoms. The Bertz CT molecular complexity index is 176. The van der Waals surface area contributed by atoms with E-state index < -0.39 is 0 Å². The maximum atomic E-state index is 3.37. The van der Waals surface area contributed by atoms with Gasteiger partial charge in [-0.2, -0.15) is 5.57 Å². The molecule has 81 valence electrons. The third kappa shape index (κ3) is 9.49. The van der Waals surface area contributed by atoms with Gasteiger partial charge < -0.3 is 37.2 Å². The van der Waals surface area contributed by atoms with Gasteiger partial charge in [0.25, 0.3) is 0 Å².